The smallest absolute Gasteiger partial charge is 0.254 e. The summed E-state index contributed by atoms with van der Waals surface area (Å²) in [5.74, 6) is -0.345. The van der Waals surface area contributed by atoms with Gasteiger partial charge in [0.1, 0.15) is 0 Å². The summed E-state index contributed by atoms with van der Waals surface area (Å²) in [5.41, 5.74) is 7.81. The van der Waals surface area contributed by atoms with Gasteiger partial charge in [0.05, 0.1) is 5.92 Å². The van der Waals surface area contributed by atoms with Crippen LogP contribution in [0.2, 0.25) is 5.02 Å². The first-order valence-corrected chi connectivity index (χ1v) is 9.49. The molecule has 2 amide bonds. The SMILES string of the molecule is CC(C(=O)N1CCN(C(=O)c2cccc(Cl)c2)CC1)C(N)c1ccccc1. The standard InChI is InChI=1S/C21H24ClN3O2/c1-15(19(23)16-6-3-2-4-7-16)20(26)24-10-12-25(13-11-24)21(27)17-8-5-9-18(22)14-17/h2-9,14-15,19H,10-13,23H2,1H3. The molecule has 1 aliphatic rings. The second kappa shape index (κ2) is 8.55. The van der Waals surface area contributed by atoms with Crippen molar-refractivity contribution in [2.75, 3.05) is 26.2 Å². The van der Waals surface area contributed by atoms with Crippen LogP contribution in [-0.2, 0) is 4.79 Å². The van der Waals surface area contributed by atoms with Crippen LogP contribution >= 0.6 is 11.6 Å². The first-order valence-electron chi connectivity index (χ1n) is 9.11. The normalized spacial score (nSPS) is 16.7. The van der Waals surface area contributed by atoms with Crippen molar-refractivity contribution in [3.8, 4) is 0 Å². The largest absolute Gasteiger partial charge is 0.339 e. The average molecular weight is 386 g/mol. The molecule has 1 fully saturated rings. The molecule has 0 spiro atoms. The van der Waals surface area contributed by atoms with E-state index in [9.17, 15) is 9.59 Å². The predicted molar refractivity (Wildman–Crippen MR) is 106 cm³/mol. The molecule has 0 saturated carbocycles. The topological polar surface area (TPSA) is 66.6 Å². The predicted octanol–water partition coefficient (Wildman–Crippen LogP) is 2.96. The second-order valence-electron chi connectivity index (χ2n) is 6.85. The fraction of sp³-hybridized carbons (Fsp3) is 0.333. The number of carbonyl (C=O) groups excluding carboxylic acids is 2. The monoisotopic (exact) mass is 385 g/mol. The molecule has 3 rings (SSSR count). The molecule has 27 heavy (non-hydrogen) atoms. The van der Waals surface area contributed by atoms with Gasteiger partial charge in [-0.25, -0.2) is 0 Å². The van der Waals surface area contributed by atoms with Gasteiger partial charge in [-0.05, 0) is 23.8 Å². The van der Waals surface area contributed by atoms with Gasteiger partial charge in [0, 0.05) is 42.8 Å². The number of carbonyl (C=O) groups is 2. The highest BCUT2D eigenvalue weighted by Gasteiger charge is 2.30. The summed E-state index contributed by atoms with van der Waals surface area (Å²) in [6, 6.07) is 16.2. The van der Waals surface area contributed by atoms with Crippen molar-refractivity contribution in [2.45, 2.75) is 13.0 Å². The van der Waals surface area contributed by atoms with E-state index in [1.54, 1.807) is 34.1 Å². The Morgan fingerprint density at radius 1 is 0.963 bits per heavy atom. The number of rotatable bonds is 4. The zero-order valence-corrected chi connectivity index (χ0v) is 16.1. The Morgan fingerprint density at radius 2 is 1.59 bits per heavy atom. The van der Waals surface area contributed by atoms with Crippen LogP contribution < -0.4 is 5.73 Å². The third-order valence-corrected chi connectivity index (χ3v) is 5.30. The lowest BCUT2D eigenvalue weighted by molar-refractivity contribution is -0.137. The molecular formula is C21H24ClN3O2. The molecule has 1 aliphatic heterocycles. The minimum absolute atomic E-state index is 0.0289. The lowest BCUT2D eigenvalue weighted by atomic mass is 9.94. The Kier molecular flexibility index (Phi) is 6.14. The number of halogens is 1. The Morgan fingerprint density at radius 3 is 2.22 bits per heavy atom. The van der Waals surface area contributed by atoms with Crippen LogP contribution in [0.1, 0.15) is 28.9 Å². The van der Waals surface area contributed by atoms with Crippen LogP contribution in [0.25, 0.3) is 0 Å². The molecule has 5 nitrogen and oxygen atoms in total. The van der Waals surface area contributed by atoms with Crippen LogP contribution in [0.4, 0.5) is 0 Å². The van der Waals surface area contributed by atoms with Gasteiger partial charge in [0.25, 0.3) is 5.91 Å². The number of piperazine rings is 1. The molecule has 2 atom stereocenters. The molecule has 6 heteroatoms. The van der Waals surface area contributed by atoms with E-state index >= 15 is 0 Å². The van der Waals surface area contributed by atoms with Gasteiger partial charge in [-0.3, -0.25) is 9.59 Å². The zero-order chi connectivity index (χ0) is 19.4. The average Bonchev–Trinajstić information content (AvgIpc) is 2.72. The van der Waals surface area contributed by atoms with E-state index in [2.05, 4.69) is 0 Å². The molecule has 1 saturated heterocycles. The molecule has 2 unspecified atom stereocenters. The quantitative estimate of drug-likeness (QED) is 0.879. The molecule has 0 aromatic heterocycles. The minimum atomic E-state index is -0.343. The molecule has 0 bridgehead atoms. The number of nitrogens with two attached hydrogens (primary N) is 1. The summed E-state index contributed by atoms with van der Waals surface area (Å²) in [7, 11) is 0. The summed E-state index contributed by atoms with van der Waals surface area (Å²) in [5, 5.41) is 0.540. The fourth-order valence-corrected chi connectivity index (χ4v) is 3.53. The zero-order valence-electron chi connectivity index (χ0n) is 15.3. The molecule has 0 radical (unpaired) electrons. The first kappa shape index (κ1) is 19.4. The fourth-order valence-electron chi connectivity index (χ4n) is 3.34. The van der Waals surface area contributed by atoms with Gasteiger partial charge >= 0.3 is 0 Å². The van der Waals surface area contributed by atoms with E-state index in [1.165, 1.54) is 0 Å². The summed E-state index contributed by atoms with van der Waals surface area (Å²) in [6.45, 7) is 3.90. The molecule has 1 heterocycles. The van der Waals surface area contributed by atoms with Gasteiger partial charge in [0.2, 0.25) is 5.91 Å². The lowest BCUT2D eigenvalue weighted by Crippen LogP contribution is -2.52. The van der Waals surface area contributed by atoms with Crippen LogP contribution in [-0.4, -0.2) is 47.8 Å². The molecule has 142 valence electrons. The van der Waals surface area contributed by atoms with Crippen LogP contribution in [0.5, 0.6) is 0 Å². The third kappa shape index (κ3) is 4.49. The summed E-state index contributed by atoms with van der Waals surface area (Å²) in [6.07, 6.45) is 0. The van der Waals surface area contributed by atoms with Crippen molar-refractivity contribution in [3.63, 3.8) is 0 Å². The lowest BCUT2D eigenvalue weighted by Gasteiger charge is -2.37. The highest BCUT2D eigenvalue weighted by Crippen LogP contribution is 2.22. The van der Waals surface area contributed by atoms with Gasteiger partial charge in [0.15, 0.2) is 0 Å². The molecule has 2 N–H and O–H groups in total. The maximum absolute atomic E-state index is 12.8. The number of hydrogen-bond acceptors (Lipinski definition) is 3. The maximum atomic E-state index is 12.8. The molecule has 0 aliphatic carbocycles. The second-order valence-corrected chi connectivity index (χ2v) is 7.29. The number of amides is 2. The van der Waals surface area contributed by atoms with Crippen LogP contribution in [0, 0.1) is 5.92 Å². The van der Waals surface area contributed by atoms with Crippen LogP contribution in [0.3, 0.4) is 0 Å². The van der Waals surface area contributed by atoms with E-state index in [0.717, 1.165) is 5.56 Å². The maximum Gasteiger partial charge on any atom is 0.254 e. The van der Waals surface area contributed by atoms with E-state index < -0.39 is 0 Å². The number of benzene rings is 2. The minimum Gasteiger partial charge on any atom is -0.339 e. The van der Waals surface area contributed by atoms with E-state index in [-0.39, 0.29) is 23.8 Å². The Hall–Kier alpha value is -2.37. The van der Waals surface area contributed by atoms with Crippen LogP contribution in [0.15, 0.2) is 54.6 Å². The third-order valence-electron chi connectivity index (χ3n) is 5.06. The molecule has 2 aromatic rings. The summed E-state index contributed by atoms with van der Waals surface area (Å²) in [4.78, 5) is 29.0. The van der Waals surface area contributed by atoms with Crippen molar-refractivity contribution >= 4 is 23.4 Å². The van der Waals surface area contributed by atoms with Gasteiger partial charge in [-0.2, -0.15) is 0 Å². The van der Waals surface area contributed by atoms with E-state index in [4.69, 9.17) is 17.3 Å². The Balaban J connectivity index is 1.58. The highest BCUT2D eigenvalue weighted by molar-refractivity contribution is 6.30. The number of nitrogens with zero attached hydrogens (tertiary/aromatic N) is 2. The van der Waals surface area contributed by atoms with E-state index in [0.29, 0.717) is 36.8 Å². The number of hydrogen-bond donors (Lipinski definition) is 1. The molecular weight excluding hydrogens is 362 g/mol. The Bertz CT molecular complexity index is 804. The van der Waals surface area contributed by atoms with Gasteiger partial charge in [-0.15, -0.1) is 0 Å². The van der Waals surface area contributed by atoms with Gasteiger partial charge < -0.3 is 15.5 Å². The van der Waals surface area contributed by atoms with Crippen molar-refractivity contribution in [1.29, 1.82) is 0 Å². The van der Waals surface area contributed by atoms with Gasteiger partial charge in [-0.1, -0.05) is 54.9 Å². The highest BCUT2D eigenvalue weighted by atomic mass is 35.5. The Labute approximate surface area is 164 Å². The van der Waals surface area contributed by atoms with Crippen molar-refractivity contribution < 1.29 is 9.59 Å². The first-order chi connectivity index (χ1) is 13.0. The summed E-state index contributed by atoms with van der Waals surface area (Å²) >= 11 is 5.97. The van der Waals surface area contributed by atoms with Crippen molar-refractivity contribution in [1.82, 2.24) is 9.80 Å². The molecule has 2 aromatic carbocycles. The van der Waals surface area contributed by atoms with Crippen molar-refractivity contribution in [2.24, 2.45) is 11.7 Å². The van der Waals surface area contributed by atoms with Crippen molar-refractivity contribution in [3.05, 3.63) is 70.7 Å². The summed E-state index contributed by atoms with van der Waals surface area (Å²) < 4.78 is 0. The van der Waals surface area contributed by atoms with E-state index in [1.807, 2.05) is 37.3 Å².